The first-order valence-electron chi connectivity index (χ1n) is 3.47. The average molecular weight is 240 g/mol. The summed E-state index contributed by atoms with van der Waals surface area (Å²) in [5.74, 6) is 0. The molecule has 0 unspecified atom stereocenters. The molecule has 11 heavy (non-hydrogen) atoms. The highest BCUT2D eigenvalue weighted by Crippen LogP contribution is 2.10. The number of imidazole rings is 1. The lowest BCUT2D eigenvalue weighted by Gasteiger charge is -1.95. The van der Waals surface area contributed by atoms with E-state index in [1.54, 1.807) is 6.20 Å². The monoisotopic (exact) mass is 238 g/mol. The molecule has 0 aromatic carbocycles. The molecule has 1 heterocycles. The second-order valence-electron chi connectivity index (χ2n) is 1.71. The van der Waals surface area contributed by atoms with Crippen LogP contribution in [0.5, 0.6) is 0 Å². The maximum atomic E-state index is 5.64. The number of nitrogens with zero attached hydrogens (tertiary/aromatic N) is 2. The van der Waals surface area contributed by atoms with E-state index in [1.165, 1.54) is 0 Å². The maximum Gasteiger partial charge on any atom is 0.202 e. The van der Waals surface area contributed by atoms with Crippen molar-refractivity contribution >= 4 is 27.5 Å². The van der Waals surface area contributed by atoms with E-state index in [0.29, 0.717) is 5.28 Å². The molecule has 0 spiro atoms. The normalized spacial score (nSPS) is 8.82. The molecule has 0 fully saturated rings. The van der Waals surface area contributed by atoms with E-state index in [2.05, 4.69) is 20.9 Å². The van der Waals surface area contributed by atoms with Crippen molar-refractivity contribution in [2.75, 3.05) is 0 Å². The first kappa shape index (κ1) is 11.0. The Hall–Kier alpha value is -0.0200. The van der Waals surface area contributed by atoms with Crippen molar-refractivity contribution in [3.8, 4) is 0 Å². The van der Waals surface area contributed by atoms with Crippen molar-refractivity contribution in [3.05, 3.63) is 17.2 Å². The highest BCUT2D eigenvalue weighted by Gasteiger charge is 1.99. The molecule has 0 saturated carbocycles. The van der Waals surface area contributed by atoms with Gasteiger partial charge in [-0.15, -0.1) is 0 Å². The van der Waals surface area contributed by atoms with Crippen LogP contribution < -0.4 is 0 Å². The topological polar surface area (TPSA) is 17.8 Å². The van der Waals surface area contributed by atoms with E-state index in [0.717, 1.165) is 11.0 Å². The zero-order chi connectivity index (χ0) is 8.85. The van der Waals surface area contributed by atoms with Gasteiger partial charge in [0.25, 0.3) is 0 Å². The summed E-state index contributed by atoms with van der Waals surface area (Å²) in [6.45, 7) is 4.00. The number of halogens is 2. The van der Waals surface area contributed by atoms with Gasteiger partial charge in [-0.3, -0.25) is 0 Å². The van der Waals surface area contributed by atoms with Crippen LogP contribution in [0.2, 0.25) is 5.28 Å². The Bertz CT molecular complexity index is 210. The molecule has 4 heteroatoms. The Morgan fingerprint density at radius 1 is 1.64 bits per heavy atom. The van der Waals surface area contributed by atoms with Crippen LogP contribution in [0.15, 0.2) is 6.20 Å². The van der Waals surface area contributed by atoms with Gasteiger partial charge in [0, 0.05) is 18.1 Å². The van der Waals surface area contributed by atoms with E-state index in [-0.39, 0.29) is 0 Å². The lowest BCUT2D eigenvalue weighted by Crippen LogP contribution is -1.91. The van der Waals surface area contributed by atoms with Gasteiger partial charge < -0.3 is 4.57 Å². The van der Waals surface area contributed by atoms with Crippen molar-refractivity contribution in [1.82, 2.24) is 9.55 Å². The summed E-state index contributed by atoms with van der Waals surface area (Å²) in [6, 6.07) is 0. The average Bonchev–Trinajstić information content (AvgIpc) is 2.37. The fourth-order valence-electron chi connectivity index (χ4n) is 0.544. The lowest BCUT2D eigenvalue weighted by molar-refractivity contribution is 0.870. The molecule has 0 radical (unpaired) electrons. The van der Waals surface area contributed by atoms with Gasteiger partial charge in [0.2, 0.25) is 5.28 Å². The first-order valence-corrected chi connectivity index (χ1v) is 4.97. The number of hydrogen-bond donors (Lipinski definition) is 0. The molecule has 0 aliphatic carbocycles. The first-order chi connectivity index (χ1) is 5.25. The summed E-state index contributed by atoms with van der Waals surface area (Å²) < 4.78 is 1.83. The fraction of sp³-hybridized carbons (Fsp3) is 0.571. The zero-order valence-corrected chi connectivity index (χ0v) is 9.28. The molecule has 0 atom stereocenters. The Labute approximate surface area is 80.7 Å². The van der Waals surface area contributed by atoms with Crippen LogP contribution in [0.1, 0.15) is 19.5 Å². The second kappa shape index (κ2) is 5.61. The summed E-state index contributed by atoms with van der Waals surface area (Å²) in [5.41, 5.74) is 1.08. The number of aromatic nitrogens is 2. The molecular formula is C7H12BrClN2. The molecule has 1 rings (SSSR count). The van der Waals surface area contributed by atoms with Crippen LogP contribution in [0.4, 0.5) is 0 Å². The van der Waals surface area contributed by atoms with Crippen molar-refractivity contribution in [2.24, 2.45) is 7.05 Å². The van der Waals surface area contributed by atoms with Crippen LogP contribution in [-0.4, -0.2) is 9.55 Å². The van der Waals surface area contributed by atoms with Gasteiger partial charge >= 0.3 is 0 Å². The Kier molecular flexibility index (Phi) is 5.60. The van der Waals surface area contributed by atoms with Crippen molar-refractivity contribution < 1.29 is 0 Å². The van der Waals surface area contributed by atoms with Crippen molar-refractivity contribution in [3.63, 3.8) is 0 Å². The van der Waals surface area contributed by atoms with Crippen LogP contribution in [-0.2, 0) is 12.4 Å². The minimum absolute atomic E-state index is 0.532. The van der Waals surface area contributed by atoms with Gasteiger partial charge in [0.05, 0.1) is 6.20 Å². The van der Waals surface area contributed by atoms with E-state index >= 15 is 0 Å². The van der Waals surface area contributed by atoms with Crippen molar-refractivity contribution in [2.45, 2.75) is 19.2 Å². The summed E-state index contributed by atoms with van der Waals surface area (Å²) in [5, 5.41) is 1.33. The van der Waals surface area contributed by atoms with E-state index in [4.69, 9.17) is 11.6 Å². The highest BCUT2D eigenvalue weighted by molar-refractivity contribution is 9.08. The number of hydrogen-bond acceptors (Lipinski definition) is 1. The Balaban J connectivity index is 0.000000461. The van der Waals surface area contributed by atoms with Gasteiger partial charge in [-0.2, -0.15) is 0 Å². The summed E-state index contributed by atoms with van der Waals surface area (Å²) in [6.07, 6.45) is 1.75. The minimum Gasteiger partial charge on any atom is -0.321 e. The summed E-state index contributed by atoms with van der Waals surface area (Å²) >= 11 is 8.94. The molecule has 0 aliphatic rings. The molecule has 0 amide bonds. The molecule has 0 bridgehead atoms. The fourth-order valence-corrected chi connectivity index (χ4v) is 1.22. The predicted octanol–water partition coefficient (Wildman–Crippen LogP) is 2.99. The molecule has 2 nitrogen and oxygen atoms in total. The van der Waals surface area contributed by atoms with Crippen LogP contribution in [0.3, 0.4) is 0 Å². The molecule has 1 aromatic rings. The van der Waals surface area contributed by atoms with E-state index < -0.39 is 0 Å². The molecular weight excluding hydrogens is 227 g/mol. The second-order valence-corrected chi connectivity index (χ2v) is 2.61. The minimum atomic E-state index is 0.532. The van der Waals surface area contributed by atoms with Gasteiger partial charge in [-0.25, -0.2) is 4.98 Å². The smallest absolute Gasteiger partial charge is 0.202 e. The Morgan fingerprint density at radius 2 is 2.18 bits per heavy atom. The quantitative estimate of drug-likeness (QED) is 0.689. The molecule has 0 N–H and O–H groups in total. The maximum absolute atomic E-state index is 5.64. The summed E-state index contributed by atoms with van der Waals surface area (Å²) in [7, 11) is 1.88. The third kappa shape index (κ3) is 2.83. The molecule has 1 aromatic heterocycles. The molecule has 64 valence electrons. The van der Waals surface area contributed by atoms with Crippen LogP contribution in [0, 0.1) is 0 Å². The van der Waals surface area contributed by atoms with Gasteiger partial charge in [0.15, 0.2) is 0 Å². The number of rotatable bonds is 1. The SMILES string of the molecule is CC.Cn1c(CBr)cnc1Cl. The predicted molar refractivity (Wildman–Crippen MR) is 52.2 cm³/mol. The van der Waals surface area contributed by atoms with Gasteiger partial charge in [0.1, 0.15) is 0 Å². The number of alkyl halides is 1. The van der Waals surface area contributed by atoms with Crippen molar-refractivity contribution in [1.29, 1.82) is 0 Å². The van der Waals surface area contributed by atoms with E-state index in [1.807, 2.05) is 25.5 Å². The summed E-state index contributed by atoms with van der Waals surface area (Å²) in [4.78, 5) is 3.89. The van der Waals surface area contributed by atoms with Crippen LogP contribution in [0.25, 0.3) is 0 Å². The Morgan fingerprint density at radius 3 is 2.36 bits per heavy atom. The lowest BCUT2D eigenvalue weighted by atomic mass is 10.5. The third-order valence-corrected chi connectivity index (χ3v) is 2.09. The van der Waals surface area contributed by atoms with Gasteiger partial charge in [-0.05, 0) is 11.6 Å². The standard InChI is InChI=1S/C5H6BrClN2.C2H6/c1-9-4(2-6)3-8-5(9)7;1-2/h3H,2H2,1H3;1-2H3. The van der Waals surface area contributed by atoms with E-state index in [9.17, 15) is 0 Å². The largest absolute Gasteiger partial charge is 0.321 e. The third-order valence-electron chi connectivity index (χ3n) is 1.16. The van der Waals surface area contributed by atoms with Gasteiger partial charge in [-0.1, -0.05) is 29.8 Å². The molecule has 0 saturated heterocycles. The highest BCUT2D eigenvalue weighted by atomic mass is 79.9. The zero-order valence-electron chi connectivity index (χ0n) is 6.93. The molecule has 0 aliphatic heterocycles. The van der Waals surface area contributed by atoms with Crippen LogP contribution >= 0.6 is 27.5 Å².